The number of pyridine rings is 1. The summed E-state index contributed by atoms with van der Waals surface area (Å²) in [5, 5.41) is 7.32. The Balaban J connectivity index is 1.30. The van der Waals surface area contributed by atoms with Gasteiger partial charge >= 0.3 is 5.97 Å². The highest BCUT2D eigenvalue weighted by atomic mass is 35.5. The van der Waals surface area contributed by atoms with Crippen molar-refractivity contribution in [1.82, 2.24) is 19.7 Å². The average molecular weight is 663 g/mol. The fraction of sp³-hybridized carbons (Fsp3) is 0.324. The second kappa shape index (κ2) is 13.2. The molecule has 12 heteroatoms. The molecule has 10 nitrogen and oxygen atoms in total. The Morgan fingerprint density at radius 3 is 2.54 bits per heavy atom. The normalized spacial score (nSPS) is 17.5. The van der Waals surface area contributed by atoms with Crippen molar-refractivity contribution in [2.75, 3.05) is 32.1 Å². The number of carbonyl (C=O) groups is 2. The number of aryl methyl sites for hydroxylation is 2. The molecule has 0 saturated carbocycles. The minimum absolute atomic E-state index is 0.0542. The number of esters is 1. The molecule has 6 rings (SSSR count). The fourth-order valence-electron chi connectivity index (χ4n) is 6.41. The molecule has 1 saturated heterocycles. The maximum absolute atomic E-state index is 12.9. The molecule has 0 radical (unpaired) electrons. The zero-order chi connectivity index (χ0) is 32.5. The monoisotopic (exact) mass is 661 g/mol. The van der Waals surface area contributed by atoms with Crippen molar-refractivity contribution in [3.63, 3.8) is 0 Å². The first-order valence-corrected chi connectivity index (χ1v) is 15.9. The second-order valence-electron chi connectivity index (χ2n) is 11.3. The van der Waals surface area contributed by atoms with Crippen LogP contribution in [0.2, 0.25) is 10.0 Å². The van der Waals surface area contributed by atoms with E-state index < -0.39 is 11.5 Å². The van der Waals surface area contributed by atoms with Crippen LogP contribution in [0.5, 0.6) is 5.88 Å². The van der Waals surface area contributed by atoms with E-state index in [1.165, 1.54) is 19.3 Å². The maximum Gasteiger partial charge on any atom is 0.310 e. The number of rotatable bonds is 8. The standard InChI is InChI=1S/C34H33Cl2N5O5/c1-4-46-34(44)20-14-16-41(18-20)27-12-11-19-17-26(39-32(45-3)28(19)27)23-9-5-7-21(29(23)35)22-8-6-10-25(30(22)36)38-31(42)24-13-15-37-40(2)33(24)43/h5-10,13,15,17,20,27H,4,11-12,14,16,18H2,1-3H3,(H,38,42). The predicted molar refractivity (Wildman–Crippen MR) is 176 cm³/mol. The van der Waals surface area contributed by atoms with E-state index in [4.69, 9.17) is 37.7 Å². The molecule has 238 valence electrons. The van der Waals surface area contributed by atoms with Crippen LogP contribution in [0.4, 0.5) is 5.69 Å². The van der Waals surface area contributed by atoms with Crippen molar-refractivity contribution in [2.45, 2.75) is 32.2 Å². The smallest absolute Gasteiger partial charge is 0.310 e. The van der Waals surface area contributed by atoms with Crippen LogP contribution >= 0.6 is 23.2 Å². The SMILES string of the molecule is CCOC(=O)C1CCN(C2CCc3cc(-c4cccc(-c5cccc(NC(=O)c6ccnn(C)c6=O)c5Cl)c4Cl)nc(OC)c32)C1. The van der Waals surface area contributed by atoms with Gasteiger partial charge in [0, 0.05) is 48.1 Å². The van der Waals surface area contributed by atoms with Crippen LogP contribution in [0.3, 0.4) is 0 Å². The molecule has 2 aliphatic rings. The number of anilines is 1. The summed E-state index contributed by atoms with van der Waals surface area (Å²) in [7, 11) is 3.09. The topological polar surface area (TPSA) is 116 Å². The molecule has 1 aliphatic heterocycles. The Bertz CT molecular complexity index is 1890. The molecule has 4 aromatic rings. The molecule has 1 aliphatic carbocycles. The van der Waals surface area contributed by atoms with E-state index in [-0.39, 0.29) is 28.5 Å². The first-order valence-electron chi connectivity index (χ1n) is 15.1. The van der Waals surface area contributed by atoms with Crippen LogP contribution in [0.1, 0.15) is 47.3 Å². The number of fused-ring (bicyclic) bond motifs is 1. The number of likely N-dealkylation sites (tertiary alicyclic amines) is 1. The summed E-state index contributed by atoms with van der Waals surface area (Å²) in [6, 6.07) is 14.4. The van der Waals surface area contributed by atoms with Gasteiger partial charge in [-0.1, -0.05) is 53.5 Å². The van der Waals surface area contributed by atoms with Crippen LogP contribution in [0.15, 0.2) is 59.5 Å². The second-order valence-corrected chi connectivity index (χ2v) is 12.1. The van der Waals surface area contributed by atoms with E-state index in [9.17, 15) is 14.4 Å². The number of aromatic nitrogens is 3. The summed E-state index contributed by atoms with van der Waals surface area (Å²) in [6.07, 6.45) is 3.91. The first-order chi connectivity index (χ1) is 22.2. The third kappa shape index (κ3) is 5.88. The number of ether oxygens (including phenoxy) is 2. The molecule has 2 aromatic carbocycles. The number of hydrogen-bond acceptors (Lipinski definition) is 8. The lowest BCUT2D eigenvalue weighted by molar-refractivity contribution is -0.147. The number of carbonyl (C=O) groups excluding carboxylic acids is 2. The Morgan fingerprint density at radius 1 is 1.04 bits per heavy atom. The highest BCUT2D eigenvalue weighted by molar-refractivity contribution is 6.39. The van der Waals surface area contributed by atoms with Crippen LogP contribution < -0.4 is 15.6 Å². The van der Waals surface area contributed by atoms with Gasteiger partial charge in [0.15, 0.2) is 0 Å². The summed E-state index contributed by atoms with van der Waals surface area (Å²) < 4.78 is 12.2. The third-order valence-electron chi connectivity index (χ3n) is 8.67. The summed E-state index contributed by atoms with van der Waals surface area (Å²) in [5.74, 6) is -0.308. The fourth-order valence-corrected chi connectivity index (χ4v) is 7.01. The molecule has 0 spiro atoms. The van der Waals surface area contributed by atoms with Crippen LogP contribution in [0, 0.1) is 5.92 Å². The van der Waals surface area contributed by atoms with Gasteiger partial charge in [-0.2, -0.15) is 5.10 Å². The largest absolute Gasteiger partial charge is 0.481 e. The molecule has 2 unspecified atom stereocenters. The Hall–Kier alpha value is -4.25. The van der Waals surface area contributed by atoms with E-state index in [0.717, 1.165) is 41.6 Å². The number of nitrogens with one attached hydrogen (secondary N) is 1. The summed E-state index contributed by atoms with van der Waals surface area (Å²) >= 11 is 13.9. The van der Waals surface area contributed by atoms with E-state index in [1.807, 2.05) is 31.2 Å². The van der Waals surface area contributed by atoms with E-state index in [1.54, 1.807) is 19.2 Å². The van der Waals surface area contributed by atoms with Crippen LogP contribution in [-0.4, -0.2) is 58.3 Å². The zero-order valence-corrected chi connectivity index (χ0v) is 27.2. The van der Waals surface area contributed by atoms with E-state index in [2.05, 4.69) is 21.4 Å². The molecule has 1 fully saturated rings. The van der Waals surface area contributed by atoms with Crippen molar-refractivity contribution in [2.24, 2.45) is 13.0 Å². The molecule has 1 amide bonds. The van der Waals surface area contributed by atoms with Crippen molar-refractivity contribution < 1.29 is 19.1 Å². The average Bonchev–Trinajstić information content (AvgIpc) is 3.71. The van der Waals surface area contributed by atoms with Crippen molar-refractivity contribution in [1.29, 1.82) is 0 Å². The van der Waals surface area contributed by atoms with Crippen molar-refractivity contribution in [3.8, 4) is 28.3 Å². The highest BCUT2D eigenvalue weighted by Gasteiger charge is 2.38. The van der Waals surface area contributed by atoms with Crippen molar-refractivity contribution in [3.05, 3.63) is 91.8 Å². The van der Waals surface area contributed by atoms with Gasteiger partial charge in [-0.25, -0.2) is 9.67 Å². The number of methoxy groups -OCH3 is 1. The van der Waals surface area contributed by atoms with E-state index >= 15 is 0 Å². The number of hydrogen-bond donors (Lipinski definition) is 1. The Morgan fingerprint density at radius 2 is 1.78 bits per heavy atom. The van der Waals surface area contributed by atoms with Crippen LogP contribution in [0.25, 0.3) is 22.4 Å². The van der Waals surface area contributed by atoms with Gasteiger partial charge < -0.3 is 14.8 Å². The van der Waals surface area contributed by atoms with Crippen molar-refractivity contribution >= 4 is 40.8 Å². The predicted octanol–water partition coefficient (Wildman–Crippen LogP) is 5.95. The minimum atomic E-state index is -0.597. The lowest BCUT2D eigenvalue weighted by atomic mass is 9.99. The van der Waals surface area contributed by atoms with E-state index in [0.29, 0.717) is 52.1 Å². The molecule has 0 bridgehead atoms. The third-order valence-corrected chi connectivity index (χ3v) is 9.48. The van der Waals surface area contributed by atoms with Gasteiger partial charge in [0.25, 0.3) is 11.5 Å². The minimum Gasteiger partial charge on any atom is -0.481 e. The number of halogens is 2. The highest BCUT2D eigenvalue weighted by Crippen LogP contribution is 2.46. The summed E-state index contributed by atoms with van der Waals surface area (Å²) in [5.41, 5.74) is 4.58. The first kappa shape index (κ1) is 31.7. The lowest BCUT2D eigenvalue weighted by Gasteiger charge is -2.25. The molecule has 2 aromatic heterocycles. The maximum atomic E-state index is 12.9. The molecular weight excluding hydrogens is 629 g/mol. The molecular formula is C34H33Cl2N5O5. The summed E-state index contributed by atoms with van der Waals surface area (Å²) in [6.45, 7) is 3.68. The number of nitrogens with zero attached hydrogens (tertiary/aromatic N) is 4. The molecule has 46 heavy (non-hydrogen) atoms. The Kier molecular flexibility index (Phi) is 9.13. The number of amides is 1. The van der Waals surface area contributed by atoms with Gasteiger partial charge in [0.05, 0.1) is 41.1 Å². The Labute approximate surface area is 276 Å². The molecule has 1 N–H and O–H groups in total. The van der Waals surface area contributed by atoms with Gasteiger partial charge in [-0.05, 0) is 56.5 Å². The molecule has 2 atom stereocenters. The zero-order valence-electron chi connectivity index (χ0n) is 25.7. The number of benzene rings is 2. The lowest BCUT2D eigenvalue weighted by Crippen LogP contribution is -2.28. The van der Waals surface area contributed by atoms with Gasteiger partial charge in [-0.3, -0.25) is 19.3 Å². The quantitative estimate of drug-likeness (QED) is 0.230. The van der Waals surface area contributed by atoms with Gasteiger partial charge in [0.1, 0.15) is 5.56 Å². The molecule has 3 heterocycles. The van der Waals surface area contributed by atoms with Crippen LogP contribution in [-0.2, 0) is 23.0 Å². The summed E-state index contributed by atoms with van der Waals surface area (Å²) in [4.78, 5) is 45.0. The van der Waals surface area contributed by atoms with Gasteiger partial charge in [-0.15, -0.1) is 0 Å². The van der Waals surface area contributed by atoms with Gasteiger partial charge in [0.2, 0.25) is 5.88 Å².